The van der Waals surface area contributed by atoms with E-state index in [2.05, 4.69) is 36.6 Å². The standard InChI is InChI=1S/C9H7Br2F3O3/c10-6-5(7(15)16)2-1-3-8(6,11)17-4-9(12,13)14/h1-3,6H,4H2,(H,15,16). The van der Waals surface area contributed by atoms with Gasteiger partial charge in [0.25, 0.3) is 0 Å². The quantitative estimate of drug-likeness (QED) is 0.767. The second kappa shape index (κ2) is 5.11. The molecule has 0 fully saturated rings. The topological polar surface area (TPSA) is 46.5 Å². The van der Waals surface area contributed by atoms with Gasteiger partial charge in [-0.2, -0.15) is 13.2 Å². The van der Waals surface area contributed by atoms with Gasteiger partial charge in [-0.05, 0) is 22.0 Å². The van der Waals surface area contributed by atoms with Crippen molar-refractivity contribution < 1.29 is 27.8 Å². The van der Waals surface area contributed by atoms with Crippen LogP contribution in [0, 0.1) is 0 Å². The summed E-state index contributed by atoms with van der Waals surface area (Å²) in [5.74, 6) is -1.23. The van der Waals surface area contributed by atoms with Gasteiger partial charge in [-0.3, -0.25) is 0 Å². The largest absolute Gasteiger partial charge is 0.478 e. The van der Waals surface area contributed by atoms with Crippen LogP contribution in [-0.4, -0.2) is 33.2 Å². The van der Waals surface area contributed by atoms with E-state index in [9.17, 15) is 18.0 Å². The summed E-state index contributed by atoms with van der Waals surface area (Å²) in [4.78, 5) is 9.91. The number of ether oxygens (including phenoxy) is 1. The van der Waals surface area contributed by atoms with Gasteiger partial charge >= 0.3 is 12.1 Å². The van der Waals surface area contributed by atoms with Crippen LogP contribution in [-0.2, 0) is 9.53 Å². The molecule has 0 saturated carbocycles. The molecule has 1 aliphatic carbocycles. The Kier molecular flexibility index (Phi) is 4.43. The van der Waals surface area contributed by atoms with Crippen molar-refractivity contribution in [3.05, 3.63) is 23.8 Å². The zero-order valence-corrected chi connectivity index (χ0v) is 11.3. The van der Waals surface area contributed by atoms with E-state index in [-0.39, 0.29) is 5.57 Å². The Balaban J connectivity index is 2.82. The summed E-state index contributed by atoms with van der Waals surface area (Å²) >= 11 is 5.97. The highest BCUT2D eigenvalue weighted by molar-refractivity contribution is 9.12. The average molecular weight is 380 g/mol. The number of carbonyl (C=O) groups is 1. The second-order valence-electron chi connectivity index (χ2n) is 3.25. The predicted octanol–water partition coefficient (Wildman–Crippen LogP) is 3.00. The Morgan fingerprint density at radius 2 is 2.18 bits per heavy atom. The van der Waals surface area contributed by atoms with Gasteiger partial charge in [0.05, 0.1) is 10.4 Å². The smallest absolute Gasteiger partial charge is 0.411 e. The molecular formula is C9H7Br2F3O3. The number of aliphatic carboxylic acids is 1. The van der Waals surface area contributed by atoms with Crippen molar-refractivity contribution in [2.75, 3.05) is 6.61 Å². The number of allylic oxidation sites excluding steroid dienone is 2. The first-order chi connectivity index (χ1) is 7.66. The monoisotopic (exact) mass is 378 g/mol. The first kappa shape index (κ1) is 14.7. The molecule has 1 aliphatic rings. The normalized spacial score (nSPS) is 29.0. The molecule has 0 bridgehead atoms. The van der Waals surface area contributed by atoms with Crippen LogP contribution in [0.25, 0.3) is 0 Å². The van der Waals surface area contributed by atoms with Crippen molar-refractivity contribution >= 4 is 37.8 Å². The number of carboxylic acid groups (broad SMARTS) is 1. The third-order valence-electron chi connectivity index (χ3n) is 1.92. The first-order valence-electron chi connectivity index (χ1n) is 4.32. The van der Waals surface area contributed by atoms with Crippen LogP contribution in [0.2, 0.25) is 0 Å². The van der Waals surface area contributed by atoms with Crippen LogP contribution < -0.4 is 0 Å². The van der Waals surface area contributed by atoms with Crippen molar-refractivity contribution in [1.82, 2.24) is 0 Å². The average Bonchev–Trinajstić information content (AvgIpc) is 2.18. The highest BCUT2D eigenvalue weighted by Crippen LogP contribution is 2.39. The Morgan fingerprint density at radius 3 is 2.65 bits per heavy atom. The molecule has 0 aliphatic heterocycles. The summed E-state index contributed by atoms with van der Waals surface area (Å²) in [6.45, 7) is -1.47. The van der Waals surface area contributed by atoms with Gasteiger partial charge in [-0.25, -0.2) is 4.79 Å². The maximum absolute atomic E-state index is 12.0. The fourth-order valence-corrected chi connectivity index (χ4v) is 2.30. The lowest BCUT2D eigenvalue weighted by Gasteiger charge is -2.32. The number of rotatable bonds is 3. The van der Waals surface area contributed by atoms with E-state index in [0.29, 0.717) is 0 Å². The summed E-state index contributed by atoms with van der Waals surface area (Å²) in [6.07, 6.45) is -0.555. The lowest BCUT2D eigenvalue weighted by atomic mass is 10.0. The molecule has 96 valence electrons. The SMILES string of the molecule is O=C(O)C1=CC=CC(Br)(OCC(F)(F)F)C1Br. The molecule has 0 aromatic heterocycles. The molecule has 17 heavy (non-hydrogen) atoms. The second-order valence-corrected chi connectivity index (χ2v) is 5.41. The van der Waals surface area contributed by atoms with E-state index in [4.69, 9.17) is 5.11 Å². The molecule has 0 heterocycles. The molecule has 2 unspecified atom stereocenters. The van der Waals surface area contributed by atoms with Gasteiger partial charge in [0.15, 0.2) is 4.51 Å². The Labute approximate surface area is 112 Å². The molecule has 0 aromatic carbocycles. The Bertz CT molecular complexity index is 378. The summed E-state index contributed by atoms with van der Waals surface area (Å²) in [5, 5.41) is 8.84. The van der Waals surface area contributed by atoms with Crippen LogP contribution in [0.1, 0.15) is 0 Å². The van der Waals surface area contributed by atoms with Gasteiger partial charge in [-0.15, -0.1) is 0 Å². The zero-order chi connectivity index (χ0) is 13.3. The Morgan fingerprint density at radius 1 is 1.59 bits per heavy atom. The fraction of sp³-hybridized carbons (Fsp3) is 0.444. The molecule has 2 atom stereocenters. The molecule has 0 spiro atoms. The summed E-state index contributed by atoms with van der Waals surface area (Å²) < 4.78 is 39.3. The van der Waals surface area contributed by atoms with Gasteiger partial charge < -0.3 is 9.84 Å². The summed E-state index contributed by atoms with van der Waals surface area (Å²) in [7, 11) is 0. The van der Waals surface area contributed by atoms with E-state index in [1.807, 2.05) is 0 Å². The molecule has 0 amide bonds. The molecule has 0 radical (unpaired) electrons. The first-order valence-corrected chi connectivity index (χ1v) is 6.03. The third-order valence-corrected chi connectivity index (χ3v) is 4.66. The molecule has 1 N–H and O–H groups in total. The van der Waals surface area contributed by atoms with Crippen LogP contribution >= 0.6 is 31.9 Å². The van der Waals surface area contributed by atoms with Gasteiger partial charge in [0, 0.05) is 0 Å². The molecule has 3 nitrogen and oxygen atoms in total. The number of carboxylic acids is 1. The van der Waals surface area contributed by atoms with Gasteiger partial charge in [0.2, 0.25) is 0 Å². The van der Waals surface area contributed by atoms with E-state index >= 15 is 0 Å². The van der Waals surface area contributed by atoms with E-state index in [1.165, 1.54) is 18.2 Å². The summed E-state index contributed by atoms with van der Waals surface area (Å²) in [5.41, 5.74) is -0.0912. The van der Waals surface area contributed by atoms with Crippen molar-refractivity contribution in [2.45, 2.75) is 15.5 Å². The number of hydrogen-bond donors (Lipinski definition) is 1. The molecule has 8 heteroatoms. The molecular weight excluding hydrogens is 373 g/mol. The van der Waals surface area contributed by atoms with Crippen molar-refractivity contribution in [1.29, 1.82) is 0 Å². The number of halogens is 5. The van der Waals surface area contributed by atoms with Crippen LogP contribution in [0.15, 0.2) is 23.8 Å². The predicted molar refractivity (Wildman–Crippen MR) is 61.2 cm³/mol. The summed E-state index contributed by atoms with van der Waals surface area (Å²) in [6, 6.07) is 0. The van der Waals surface area contributed by atoms with Gasteiger partial charge in [0.1, 0.15) is 6.61 Å². The van der Waals surface area contributed by atoms with Crippen molar-refractivity contribution in [3.63, 3.8) is 0 Å². The number of alkyl halides is 5. The van der Waals surface area contributed by atoms with Crippen LogP contribution in [0.4, 0.5) is 13.2 Å². The van der Waals surface area contributed by atoms with Crippen LogP contribution in [0.3, 0.4) is 0 Å². The van der Waals surface area contributed by atoms with E-state index < -0.39 is 28.1 Å². The fourth-order valence-electron chi connectivity index (χ4n) is 1.16. The maximum Gasteiger partial charge on any atom is 0.411 e. The highest BCUT2D eigenvalue weighted by Gasteiger charge is 2.42. The molecule has 0 saturated heterocycles. The zero-order valence-electron chi connectivity index (χ0n) is 8.17. The van der Waals surface area contributed by atoms with Crippen molar-refractivity contribution in [3.8, 4) is 0 Å². The van der Waals surface area contributed by atoms with E-state index in [1.54, 1.807) is 0 Å². The molecule has 1 rings (SSSR count). The lowest BCUT2D eigenvalue weighted by molar-refractivity contribution is -0.183. The third kappa shape index (κ3) is 3.82. The maximum atomic E-state index is 12.0. The lowest BCUT2D eigenvalue weighted by Crippen LogP contribution is -2.40. The minimum Gasteiger partial charge on any atom is -0.478 e. The van der Waals surface area contributed by atoms with Crippen molar-refractivity contribution in [2.24, 2.45) is 0 Å². The van der Waals surface area contributed by atoms with Crippen LogP contribution in [0.5, 0.6) is 0 Å². The Hall–Kier alpha value is -0.340. The number of hydrogen-bond acceptors (Lipinski definition) is 2. The van der Waals surface area contributed by atoms with E-state index in [0.717, 1.165) is 0 Å². The van der Waals surface area contributed by atoms with Gasteiger partial charge in [-0.1, -0.05) is 28.1 Å². The minimum absolute atomic E-state index is 0.0912. The minimum atomic E-state index is -4.48. The highest BCUT2D eigenvalue weighted by atomic mass is 79.9. The molecule has 0 aromatic rings.